The number of hydrogen-bond acceptors (Lipinski definition) is 5. The minimum absolute atomic E-state index is 0.0605. The van der Waals surface area contributed by atoms with Crippen molar-refractivity contribution in [1.29, 1.82) is 0 Å². The third kappa shape index (κ3) is 3.59. The molecule has 5 nitrogen and oxygen atoms in total. The van der Waals surface area contributed by atoms with E-state index in [0.29, 0.717) is 6.42 Å². The third-order valence-electron chi connectivity index (χ3n) is 7.53. The molecule has 0 bridgehead atoms. The summed E-state index contributed by atoms with van der Waals surface area (Å²) >= 11 is 0. The molecule has 0 radical (unpaired) electrons. The van der Waals surface area contributed by atoms with E-state index in [-0.39, 0.29) is 41.2 Å². The van der Waals surface area contributed by atoms with Crippen molar-refractivity contribution < 1.29 is 24.1 Å². The van der Waals surface area contributed by atoms with Crippen molar-refractivity contribution in [2.75, 3.05) is 0 Å². The third-order valence-corrected chi connectivity index (χ3v) is 7.53. The van der Waals surface area contributed by atoms with Crippen molar-refractivity contribution in [3.63, 3.8) is 0 Å². The van der Waals surface area contributed by atoms with Crippen molar-refractivity contribution in [2.45, 2.75) is 139 Å². The van der Waals surface area contributed by atoms with Crippen molar-refractivity contribution >= 4 is 0 Å². The molecule has 4 aliphatic heterocycles. The summed E-state index contributed by atoms with van der Waals surface area (Å²) in [6.45, 7) is 12.8. The summed E-state index contributed by atoms with van der Waals surface area (Å²) in [5, 5.41) is 11.1. The van der Waals surface area contributed by atoms with Crippen LogP contribution in [-0.4, -0.2) is 58.0 Å². The molecule has 4 heterocycles. The van der Waals surface area contributed by atoms with E-state index in [4.69, 9.17) is 18.9 Å². The van der Waals surface area contributed by atoms with Crippen LogP contribution in [0.2, 0.25) is 0 Å². The first-order valence-corrected chi connectivity index (χ1v) is 10.8. The number of hydrogen-bond donors (Lipinski definition) is 1. The summed E-state index contributed by atoms with van der Waals surface area (Å²) in [6, 6.07) is 0. The van der Waals surface area contributed by atoms with Gasteiger partial charge in [0.1, 0.15) is 5.60 Å². The Morgan fingerprint density at radius 1 is 0.741 bits per heavy atom. The Kier molecular flexibility index (Phi) is 4.76. The van der Waals surface area contributed by atoms with Gasteiger partial charge in [0.25, 0.3) is 0 Å². The van der Waals surface area contributed by atoms with Gasteiger partial charge in [-0.3, -0.25) is 0 Å². The van der Waals surface area contributed by atoms with E-state index in [9.17, 15) is 5.11 Å². The fourth-order valence-corrected chi connectivity index (χ4v) is 5.62. The van der Waals surface area contributed by atoms with Crippen molar-refractivity contribution in [3.05, 3.63) is 0 Å². The largest absolute Gasteiger partial charge is 0.390 e. The normalized spacial score (nSPS) is 51.9. The molecule has 4 fully saturated rings. The zero-order valence-electron chi connectivity index (χ0n) is 17.9. The topological polar surface area (TPSA) is 57.2 Å². The van der Waals surface area contributed by atoms with Crippen molar-refractivity contribution in [3.8, 4) is 0 Å². The smallest absolute Gasteiger partial charge is 0.118 e. The number of fused-ring (bicyclic) bond motifs is 2. The predicted octanol–water partition coefficient (Wildman–Crippen LogP) is 3.75. The van der Waals surface area contributed by atoms with Gasteiger partial charge in [0.05, 0.1) is 47.3 Å². The summed E-state index contributed by atoms with van der Waals surface area (Å²) < 4.78 is 25.7. The van der Waals surface area contributed by atoms with E-state index in [2.05, 4.69) is 34.6 Å². The summed E-state index contributed by atoms with van der Waals surface area (Å²) in [4.78, 5) is 0. The predicted molar refractivity (Wildman–Crippen MR) is 103 cm³/mol. The van der Waals surface area contributed by atoms with Gasteiger partial charge in [-0.2, -0.15) is 0 Å². The van der Waals surface area contributed by atoms with Gasteiger partial charge >= 0.3 is 0 Å². The van der Waals surface area contributed by atoms with Gasteiger partial charge in [-0.1, -0.05) is 0 Å². The zero-order chi connectivity index (χ0) is 19.7. The van der Waals surface area contributed by atoms with E-state index in [1.165, 1.54) is 0 Å². The Bertz CT molecular complexity index is 575. The molecule has 7 atom stereocenters. The Labute approximate surface area is 164 Å². The first kappa shape index (κ1) is 20.1. The molecule has 5 heteroatoms. The highest BCUT2D eigenvalue weighted by Gasteiger charge is 2.59. The van der Waals surface area contributed by atoms with Crippen molar-refractivity contribution in [2.24, 2.45) is 0 Å². The average molecular weight is 383 g/mol. The van der Waals surface area contributed by atoms with Gasteiger partial charge in [-0.15, -0.1) is 0 Å². The molecule has 0 aromatic rings. The lowest BCUT2D eigenvalue weighted by molar-refractivity contribution is -0.344. The summed E-state index contributed by atoms with van der Waals surface area (Å²) in [7, 11) is 0. The molecule has 0 aromatic heterocycles. The molecule has 27 heavy (non-hydrogen) atoms. The molecule has 4 aliphatic rings. The minimum Gasteiger partial charge on any atom is -0.390 e. The van der Waals surface area contributed by atoms with Crippen molar-refractivity contribution in [1.82, 2.24) is 0 Å². The zero-order valence-corrected chi connectivity index (χ0v) is 17.9. The molecule has 0 saturated carbocycles. The molecule has 156 valence electrons. The van der Waals surface area contributed by atoms with Crippen LogP contribution in [0.5, 0.6) is 0 Å². The van der Waals surface area contributed by atoms with Gasteiger partial charge in [0.15, 0.2) is 0 Å². The molecule has 1 N–H and O–H groups in total. The van der Waals surface area contributed by atoms with E-state index in [1.807, 2.05) is 6.92 Å². The summed E-state index contributed by atoms with van der Waals surface area (Å²) in [6.07, 6.45) is 5.86. The Morgan fingerprint density at radius 2 is 1.44 bits per heavy atom. The first-order valence-electron chi connectivity index (χ1n) is 10.8. The summed E-state index contributed by atoms with van der Waals surface area (Å²) in [5.74, 6) is 0. The number of rotatable bonds is 1. The highest BCUT2D eigenvalue weighted by atomic mass is 16.6. The van der Waals surface area contributed by atoms with Crippen LogP contribution in [0.1, 0.15) is 86.5 Å². The van der Waals surface area contributed by atoms with Crippen LogP contribution in [0.15, 0.2) is 0 Å². The van der Waals surface area contributed by atoms with Gasteiger partial charge in [0.2, 0.25) is 0 Å². The number of aliphatic hydroxyl groups is 1. The molecule has 0 spiro atoms. The molecule has 0 amide bonds. The van der Waals surface area contributed by atoms with Gasteiger partial charge in [0, 0.05) is 6.42 Å². The SMILES string of the molecule is CC1(C)CC[C@H]2O[C@@H]([C@]3(C)O[C@]4(C)CCC(C)(C)O[C@H]4C[C@H]3O)CC[C@@H]2O1. The van der Waals surface area contributed by atoms with E-state index >= 15 is 0 Å². The molecular weight excluding hydrogens is 344 g/mol. The highest BCUT2D eigenvalue weighted by Crippen LogP contribution is 2.49. The maximum Gasteiger partial charge on any atom is 0.118 e. The summed E-state index contributed by atoms with van der Waals surface area (Å²) in [5.41, 5.74) is -1.28. The highest BCUT2D eigenvalue weighted by molar-refractivity contribution is 5.08. The molecule has 0 unspecified atom stereocenters. The number of ether oxygens (including phenoxy) is 4. The molecule has 4 rings (SSSR count). The Balaban J connectivity index is 1.49. The fourth-order valence-electron chi connectivity index (χ4n) is 5.62. The lowest BCUT2D eigenvalue weighted by Crippen LogP contribution is -2.69. The molecule has 4 saturated heterocycles. The quantitative estimate of drug-likeness (QED) is 0.748. The Morgan fingerprint density at radius 3 is 2.19 bits per heavy atom. The van der Waals surface area contributed by atoms with Crippen LogP contribution in [0.3, 0.4) is 0 Å². The standard InChI is InChI=1S/C22H38O5/c1-19(2)10-9-14-15(25-19)7-8-17(24-14)22(6)16(23)13-18-21(5,27-22)12-11-20(3,4)26-18/h14-18,23H,7-13H2,1-6H3/t14-,15+,16-,17-,18+,21-,22-/m1/s1. The fraction of sp³-hybridized carbons (Fsp3) is 1.00. The second-order valence-corrected chi connectivity index (χ2v) is 10.9. The van der Waals surface area contributed by atoms with Gasteiger partial charge in [-0.05, 0) is 80.1 Å². The molecular formula is C22H38O5. The van der Waals surface area contributed by atoms with Crippen LogP contribution in [0.4, 0.5) is 0 Å². The lowest BCUT2D eigenvalue weighted by atomic mass is 9.73. The minimum atomic E-state index is -0.700. The second kappa shape index (κ2) is 6.40. The Hall–Kier alpha value is -0.200. The lowest BCUT2D eigenvalue weighted by Gasteiger charge is -2.59. The van der Waals surface area contributed by atoms with Crippen LogP contribution < -0.4 is 0 Å². The van der Waals surface area contributed by atoms with Gasteiger partial charge in [-0.25, -0.2) is 0 Å². The first-order chi connectivity index (χ1) is 12.4. The monoisotopic (exact) mass is 382 g/mol. The second-order valence-electron chi connectivity index (χ2n) is 10.9. The molecule has 0 aliphatic carbocycles. The van der Waals surface area contributed by atoms with Crippen LogP contribution in [0.25, 0.3) is 0 Å². The number of aliphatic hydroxyl groups excluding tert-OH is 1. The van der Waals surface area contributed by atoms with E-state index in [1.54, 1.807) is 0 Å². The molecule has 0 aromatic carbocycles. The maximum absolute atomic E-state index is 11.1. The van der Waals surface area contributed by atoms with Crippen LogP contribution in [-0.2, 0) is 18.9 Å². The maximum atomic E-state index is 11.1. The average Bonchev–Trinajstić information content (AvgIpc) is 2.56. The van der Waals surface area contributed by atoms with E-state index in [0.717, 1.165) is 38.5 Å². The van der Waals surface area contributed by atoms with Gasteiger partial charge < -0.3 is 24.1 Å². The van der Waals surface area contributed by atoms with E-state index < -0.39 is 11.7 Å². The van der Waals surface area contributed by atoms with Crippen LogP contribution in [0, 0.1) is 0 Å². The van der Waals surface area contributed by atoms with Crippen LogP contribution >= 0.6 is 0 Å².